The van der Waals surface area contributed by atoms with E-state index in [1.165, 1.54) is 29.2 Å². The maximum atomic E-state index is 12.4. The molecule has 1 fully saturated rings. The van der Waals surface area contributed by atoms with Crippen molar-refractivity contribution in [2.24, 2.45) is 0 Å². The Labute approximate surface area is 120 Å². The van der Waals surface area contributed by atoms with Crippen LogP contribution in [0.25, 0.3) is 6.08 Å². The molecule has 1 aromatic rings. The van der Waals surface area contributed by atoms with Crippen LogP contribution in [0.4, 0.5) is 8.78 Å². The number of carboxylic acids is 1. The summed E-state index contributed by atoms with van der Waals surface area (Å²) in [5.74, 6) is -1.47. The maximum Gasteiger partial charge on any atom is 0.335 e. The highest BCUT2D eigenvalue weighted by Crippen LogP contribution is 2.27. The predicted octanol–water partition coefficient (Wildman–Crippen LogP) is 2.65. The van der Waals surface area contributed by atoms with Crippen LogP contribution in [-0.4, -0.2) is 40.9 Å². The van der Waals surface area contributed by atoms with E-state index in [-0.39, 0.29) is 11.6 Å². The first-order valence-electron chi connectivity index (χ1n) is 6.57. The summed E-state index contributed by atoms with van der Waals surface area (Å²) in [4.78, 5) is 23.8. The number of hydrogen-bond acceptors (Lipinski definition) is 2. The Morgan fingerprint density at radius 3 is 2.38 bits per heavy atom. The second-order valence-electron chi connectivity index (χ2n) is 4.87. The topological polar surface area (TPSA) is 57.6 Å². The fourth-order valence-corrected chi connectivity index (χ4v) is 1.95. The highest BCUT2D eigenvalue weighted by molar-refractivity contribution is 5.92. The number of alkyl halides is 2. The zero-order valence-electron chi connectivity index (χ0n) is 11.2. The third-order valence-corrected chi connectivity index (χ3v) is 3.18. The largest absolute Gasteiger partial charge is 0.478 e. The maximum absolute atomic E-state index is 12.4. The number of benzene rings is 1. The van der Waals surface area contributed by atoms with Gasteiger partial charge in [0.05, 0.1) is 12.1 Å². The van der Waals surface area contributed by atoms with Gasteiger partial charge in [-0.25, -0.2) is 13.6 Å². The molecule has 0 unspecified atom stereocenters. The first-order valence-corrected chi connectivity index (χ1v) is 6.57. The van der Waals surface area contributed by atoms with Crippen molar-refractivity contribution in [1.29, 1.82) is 0 Å². The van der Waals surface area contributed by atoms with E-state index in [1.807, 2.05) is 0 Å². The van der Waals surface area contributed by atoms with Crippen molar-refractivity contribution in [2.75, 3.05) is 6.54 Å². The standard InChI is InChI=1S/C15H15F2NO3/c16-13(17)9-18(12-6-7-12)14(19)8-3-10-1-4-11(5-2-10)15(20)21/h1-5,8,12-13H,6-7,9H2,(H,20,21). The molecule has 1 aliphatic carbocycles. The van der Waals surface area contributed by atoms with E-state index in [4.69, 9.17) is 5.11 Å². The van der Waals surface area contributed by atoms with E-state index in [2.05, 4.69) is 0 Å². The molecule has 1 amide bonds. The molecule has 1 aliphatic rings. The van der Waals surface area contributed by atoms with Gasteiger partial charge in [0.2, 0.25) is 5.91 Å². The number of amides is 1. The highest BCUT2D eigenvalue weighted by Gasteiger charge is 2.33. The summed E-state index contributed by atoms with van der Waals surface area (Å²) < 4.78 is 24.9. The summed E-state index contributed by atoms with van der Waals surface area (Å²) in [6.07, 6.45) is 1.72. The summed E-state index contributed by atoms with van der Waals surface area (Å²) in [7, 11) is 0. The summed E-state index contributed by atoms with van der Waals surface area (Å²) >= 11 is 0. The van der Waals surface area contributed by atoms with Gasteiger partial charge < -0.3 is 10.0 Å². The van der Waals surface area contributed by atoms with Crippen molar-refractivity contribution >= 4 is 18.0 Å². The predicted molar refractivity (Wildman–Crippen MR) is 73.2 cm³/mol. The average molecular weight is 295 g/mol. The number of nitrogens with zero attached hydrogens (tertiary/aromatic N) is 1. The molecule has 0 aromatic heterocycles. The first-order chi connectivity index (χ1) is 9.97. The zero-order valence-corrected chi connectivity index (χ0v) is 11.2. The van der Waals surface area contributed by atoms with Crippen molar-refractivity contribution in [1.82, 2.24) is 4.90 Å². The molecule has 0 heterocycles. The number of hydrogen-bond donors (Lipinski definition) is 1. The molecule has 2 rings (SSSR count). The van der Waals surface area contributed by atoms with Gasteiger partial charge in [-0.05, 0) is 36.6 Å². The molecule has 1 aromatic carbocycles. The molecule has 0 bridgehead atoms. The molecule has 21 heavy (non-hydrogen) atoms. The van der Waals surface area contributed by atoms with E-state index in [1.54, 1.807) is 12.1 Å². The summed E-state index contributed by atoms with van der Waals surface area (Å²) in [6.45, 7) is -0.550. The van der Waals surface area contributed by atoms with Crippen LogP contribution >= 0.6 is 0 Å². The molecule has 0 saturated heterocycles. The van der Waals surface area contributed by atoms with E-state index in [0.29, 0.717) is 5.56 Å². The second kappa shape index (κ2) is 6.47. The Bertz CT molecular complexity index is 551. The minimum atomic E-state index is -2.54. The zero-order chi connectivity index (χ0) is 15.4. The number of carbonyl (C=O) groups excluding carboxylic acids is 1. The number of carbonyl (C=O) groups is 2. The Kier molecular flexibility index (Phi) is 4.67. The third-order valence-electron chi connectivity index (χ3n) is 3.18. The van der Waals surface area contributed by atoms with Crippen LogP contribution < -0.4 is 0 Å². The minimum absolute atomic E-state index is 0.0782. The van der Waals surface area contributed by atoms with E-state index >= 15 is 0 Å². The molecule has 1 N–H and O–H groups in total. The van der Waals surface area contributed by atoms with Gasteiger partial charge in [-0.1, -0.05) is 12.1 Å². The first kappa shape index (κ1) is 15.2. The minimum Gasteiger partial charge on any atom is -0.478 e. The van der Waals surface area contributed by atoms with Gasteiger partial charge in [-0.2, -0.15) is 0 Å². The van der Waals surface area contributed by atoms with E-state index in [9.17, 15) is 18.4 Å². The lowest BCUT2D eigenvalue weighted by atomic mass is 10.1. The molecule has 0 radical (unpaired) electrons. The van der Waals surface area contributed by atoms with Gasteiger partial charge >= 0.3 is 5.97 Å². The quantitative estimate of drug-likeness (QED) is 0.821. The van der Waals surface area contributed by atoms with Gasteiger partial charge in [0, 0.05) is 12.1 Å². The molecule has 0 atom stereocenters. The number of rotatable bonds is 6. The highest BCUT2D eigenvalue weighted by atomic mass is 19.3. The molecule has 4 nitrogen and oxygen atoms in total. The Morgan fingerprint density at radius 2 is 1.90 bits per heavy atom. The lowest BCUT2D eigenvalue weighted by Crippen LogP contribution is -2.35. The van der Waals surface area contributed by atoms with Crippen LogP contribution in [-0.2, 0) is 4.79 Å². The van der Waals surface area contributed by atoms with Crippen LogP contribution in [0.15, 0.2) is 30.3 Å². The Balaban J connectivity index is 2.01. The summed E-state index contributed by atoms with van der Waals surface area (Å²) in [5, 5.41) is 8.77. The third kappa shape index (κ3) is 4.37. The summed E-state index contributed by atoms with van der Waals surface area (Å²) in [6, 6.07) is 5.88. The van der Waals surface area contributed by atoms with Gasteiger partial charge in [-0.3, -0.25) is 4.79 Å². The monoisotopic (exact) mass is 295 g/mol. The van der Waals surface area contributed by atoms with Crippen molar-refractivity contribution in [2.45, 2.75) is 25.3 Å². The van der Waals surface area contributed by atoms with E-state index in [0.717, 1.165) is 12.8 Å². The molecule has 0 spiro atoms. The molecule has 1 saturated carbocycles. The van der Waals surface area contributed by atoms with Crippen LogP contribution in [0.2, 0.25) is 0 Å². The number of aromatic carboxylic acids is 1. The van der Waals surface area contributed by atoms with Crippen molar-refractivity contribution in [3.8, 4) is 0 Å². The second-order valence-corrected chi connectivity index (χ2v) is 4.87. The van der Waals surface area contributed by atoms with Crippen molar-refractivity contribution in [3.63, 3.8) is 0 Å². The molecular weight excluding hydrogens is 280 g/mol. The fourth-order valence-electron chi connectivity index (χ4n) is 1.95. The Morgan fingerprint density at radius 1 is 1.29 bits per heavy atom. The van der Waals surface area contributed by atoms with E-state index < -0.39 is 24.8 Å². The van der Waals surface area contributed by atoms with Crippen LogP contribution in [0.5, 0.6) is 0 Å². The van der Waals surface area contributed by atoms with Gasteiger partial charge in [-0.15, -0.1) is 0 Å². The Hall–Kier alpha value is -2.24. The van der Waals surface area contributed by atoms with Crippen molar-refractivity contribution < 1.29 is 23.5 Å². The van der Waals surface area contributed by atoms with Crippen molar-refractivity contribution in [3.05, 3.63) is 41.5 Å². The summed E-state index contributed by atoms with van der Waals surface area (Å²) in [5.41, 5.74) is 0.789. The molecule has 0 aliphatic heterocycles. The van der Waals surface area contributed by atoms with Crippen LogP contribution in [0.1, 0.15) is 28.8 Å². The lowest BCUT2D eigenvalue weighted by molar-refractivity contribution is -0.128. The smallest absolute Gasteiger partial charge is 0.335 e. The fraction of sp³-hybridized carbons (Fsp3) is 0.333. The lowest BCUT2D eigenvalue weighted by Gasteiger charge is -2.20. The molecule has 112 valence electrons. The van der Waals surface area contributed by atoms with Crippen LogP contribution in [0, 0.1) is 0 Å². The van der Waals surface area contributed by atoms with Gasteiger partial charge in [0.1, 0.15) is 0 Å². The molecular formula is C15H15F2NO3. The number of carboxylic acid groups (broad SMARTS) is 1. The normalized spacial score (nSPS) is 14.6. The average Bonchev–Trinajstić information content (AvgIpc) is 3.27. The molecule has 6 heteroatoms. The SMILES string of the molecule is O=C(O)c1ccc(C=CC(=O)N(CC(F)F)C2CC2)cc1. The van der Waals surface area contributed by atoms with Gasteiger partial charge in [0.25, 0.3) is 6.43 Å². The van der Waals surface area contributed by atoms with Crippen LogP contribution in [0.3, 0.4) is 0 Å². The number of halogens is 2. The van der Waals surface area contributed by atoms with Gasteiger partial charge in [0.15, 0.2) is 0 Å².